The summed E-state index contributed by atoms with van der Waals surface area (Å²) in [7, 11) is 0. The Labute approximate surface area is 191 Å². The van der Waals surface area contributed by atoms with Crippen LogP contribution in [0.4, 0.5) is 0 Å². The Bertz CT molecular complexity index is 804. The number of hydrogen-bond donors (Lipinski definition) is 3. The average Bonchev–Trinajstić information content (AvgIpc) is 2.89. The summed E-state index contributed by atoms with van der Waals surface area (Å²) in [6.45, 7) is 3.94. The van der Waals surface area contributed by atoms with Gasteiger partial charge in [0.2, 0.25) is 5.91 Å². The maximum atomic E-state index is 13.2. The fourth-order valence-electron chi connectivity index (χ4n) is 3.21. The minimum atomic E-state index is -3.61. The fourth-order valence-corrected chi connectivity index (χ4v) is 6.82. The lowest BCUT2D eigenvalue weighted by Crippen LogP contribution is -2.54. The van der Waals surface area contributed by atoms with Gasteiger partial charge in [0.25, 0.3) is 0 Å². The molecule has 1 fully saturated rings. The van der Waals surface area contributed by atoms with Crippen LogP contribution in [0.25, 0.3) is 0 Å². The molecule has 0 spiro atoms. The third-order valence-corrected chi connectivity index (χ3v) is 9.02. The summed E-state index contributed by atoms with van der Waals surface area (Å²) < 4.78 is 29.6. The lowest BCUT2D eigenvalue weighted by molar-refractivity contribution is -0.158. The molecule has 182 valence electrons. The second-order valence-corrected chi connectivity index (χ2v) is 12.6. The zero-order valence-electron chi connectivity index (χ0n) is 18.7. The number of ether oxygens (including phenoxy) is 2. The topological polar surface area (TPSA) is 152 Å². The van der Waals surface area contributed by atoms with Crippen LogP contribution in [0.15, 0.2) is 12.3 Å². The molecule has 0 bridgehead atoms. The molecule has 0 aromatic rings. The number of aliphatic hydroxyl groups excluding tert-OH is 1. The lowest BCUT2D eigenvalue weighted by atomic mass is 9.95. The van der Waals surface area contributed by atoms with Crippen LogP contribution in [0.3, 0.4) is 0 Å². The van der Waals surface area contributed by atoms with Gasteiger partial charge in [0.05, 0.1) is 19.1 Å². The molecule has 0 aromatic heterocycles. The van der Waals surface area contributed by atoms with Crippen molar-refractivity contribution in [3.05, 3.63) is 12.3 Å². The van der Waals surface area contributed by atoms with Gasteiger partial charge in [-0.2, -0.15) is 0 Å². The van der Waals surface area contributed by atoms with E-state index in [2.05, 4.69) is 5.09 Å². The Hall–Kier alpha value is -1.27. The molecule has 0 unspecified atom stereocenters. The van der Waals surface area contributed by atoms with Gasteiger partial charge in [0.1, 0.15) is 23.9 Å². The minimum Gasteiger partial charge on any atom is -0.462 e. The summed E-state index contributed by atoms with van der Waals surface area (Å²) in [6.07, 6.45) is -2.20. The predicted molar refractivity (Wildman–Crippen MR) is 116 cm³/mol. The molecule has 11 nitrogen and oxygen atoms in total. The van der Waals surface area contributed by atoms with E-state index in [1.165, 1.54) is 26.1 Å². The third kappa shape index (κ3) is 6.40. The highest BCUT2D eigenvalue weighted by Crippen LogP contribution is 2.56. The average molecular weight is 495 g/mol. The van der Waals surface area contributed by atoms with Crippen molar-refractivity contribution in [2.75, 3.05) is 12.4 Å². The highest BCUT2D eigenvalue weighted by atomic mass is 32.7. The van der Waals surface area contributed by atoms with E-state index in [1.54, 1.807) is 20.8 Å². The Balaban J connectivity index is 2.09. The van der Waals surface area contributed by atoms with E-state index in [-0.39, 0.29) is 24.9 Å². The zero-order chi connectivity index (χ0) is 24.3. The molecule has 2 rings (SSSR count). The van der Waals surface area contributed by atoms with Crippen molar-refractivity contribution in [1.82, 2.24) is 9.99 Å². The van der Waals surface area contributed by atoms with E-state index in [0.717, 1.165) is 16.3 Å². The third-order valence-electron chi connectivity index (χ3n) is 4.81. The Morgan fingerprint density at radius 2 is 2.09 bits per heavy atom. The minimum absolute atomic E-state index is 0.339. The first-order chi connectivity index (χ1) is 14.8. The molecule has 2 heterocycles. The van der Waals surface area contributed by atoms with Crippen LogP contribution in [-0.4, -0.2) is 81.3 Å². The highest BCUT2D eigenvalue weighted by molar-refractivity contribution is 8.56. The molecule has 0 saturated carbocycles. The molecular weight excluding hydrogens is 463 g/mol. The number of hydrogen-bond acceptors (Lipinski definition) is 10. The normalized spacial score (nSPS) is 31.1. The van der Waals surface area contributed by atoms with E-state index in [4.69, 9.17) is 14.0 Å². The van der Waals surface area contributed by atoms with Crippen LogP contribution in [-0.2, 0) is 32.9 Å². The number of nitrogens with zero attached hydrogens (tertiary/aromatic N) is 1. The molecular formula is C19H31N2O9PS. The van der Waals surface area contributed by atoms with E-state index in [9.17, 15) is 29.2 Å². The number of carbonyl (C=O) groups excluding carboxylic acids is 3. The van der Waals surface area contributed by atoms with Crippen molar-refractivity contribution in [3.8, 4) is 0 Å². The highest BCUT2D eigenvalue weighted by Gasteiger charge is 2.56. The number of ketones is 1. The van der Waals surface area contributed by atoms with E-state index >= 15 is 0 Å². The van der Waals surface area contributed by atoms with Crippen LogP contribution in [0, 0.1) is 0 Å². The van der Waals surface area contributed by atoms with Gasteiger partial charge in [-0.1, -0.05) is 18.3 Å². The van der Waals surface area contributed by atoms with Crippen LogP contribution in [0.1, 0.15) is 41.0 Å². The van der Waals surface area contributed by atoms with Crippen LogP contribution < -0.4 is 5.09 Å². The maximum absolute atomic E-state index is 13.2. The molecule has 0 aliphatic carbocycles. The molecule has 3 N–H and O–H groups in total. The SMILES string of the molecule is CCS[P@](=O)(N[C@H](C)C(=O)OC(C)C)OC[C@H]1O[C@@H](N2C=CC(=O)CC2=O)[C@](C)(O)[C@@H]1O. The van der Waals surface area contributed by atoms with Crippen molar-refractivity contribution in [1.29, 1.82) is 0 Å². The number of nitrogens with one attached hydrogen (secondary N) is 1. The van der Waals surface area contributed by atoms with Gasteiger partial charge in [-0.3, -0.25) is 23.8 Å². The van der Waals surface area contributed by atoms with Crippen LogP contribution >= 0.6 is 18.1 Å². The lowest BCUT2D eigenvalue weighted by Gasteiger charge is -2.34. The number of aliphatic hydroxyl groups is 2. The number of carbonyl (C=O) groups is 3. The molecule has 0 aromatic carbocycles. The van der Waals surface area contributed by atoms with Gasteiger partial charge < -0.3 is 24.2 Å². The molecule has 0 radical (unpaired) electrons. The smallest absolute Gasteiger partial charge is 0.327 e. The molecule has 2 aliphatic rings. The van der Waals surface area contributed by atoms with Crippen molar-refractivity contribution < 1.29 is 43.2 Å². The van der Waals surface area contributed by atoms with E-state index in [0.29, 0.717) is 5.75 Å². The zero-order valence-corrected chi connectivity index (χ0v) is 20.4. The Morgan fingerprint density at radius 1 is 1.44 bits per heavy atom. The monoisotopic (exact) mass is 494 g/mol. The molecule has 1 amide bonds. The summed E-state index contributed by atoms with van der Waals surface area (Å²) in [6, 6.07) is -0.916. The van der Waals surface area contributed by atoms with Crippen LogP contribution in [0.5, 0.6) is 0 Å². The van der Waals surface area contributed by atoms with Crippen LogP contribution in [0.2, 0.25) is 0 Å². The van der Waals surface area contributed by atoms with Crippen molar-refractivity contribution in [3.63, 3.8) is 0 Å². The van der Waals surface area contributed by atoms with Crippen molar-refractivity contribution in [2.45, 2.75) is 77.2 Å². The van der Waals surface area contributed by atoms with Gasteiger partial charge in [0, 0.05) is 12.0 Å². The number of rotatable bonds is 10. The van der Waals surface area contributed by atoms with Gasteiger partial charge >= 0.3 is 12.7 Å². The fraction of sp³-hybridized carbons (Fsp3) is 0.737. The predicted octanol–water partition coefficient (Wildman–Crippen LogP) is 0.946. The largest absolute Gasteiger partial charge is 0.462 e. The van der Waals surface area contributed by atoms with Gasteiger partial charge in [-0.15, -0.1) is 0 Å². The first kappa shape index (κ1) is 27.0. The second kappa shape index (κ2) is 10.8. The van der Waals surface area contributed by atoms with Gasteiger partial charge in [-0.25, -0.2) is 5.09 Å². The second-order valence-electron chi connectivity index (χ2n) is 8.00. The van der Waals surface area contributed by atoms with E-state index in [1.807, 2.05) is 0 Å². The summed E-state index contributed by atoms with van der Waals surface area (Å²) in [5.74, 6) is -1.14. The van der Waals surface area contributed by atoms with Gasteiger partial charge in [0.15, 0.2) is 12.0 Å². The first-order valence-electron chi connectivity index (χ1n) is 10.3. The summed E-state index contributed by atoms with van der Waals surface area (Å²) >= 11 is 0.959. The number of amides is 1. The summed E-state index contributed by atoms with van der Waals surface area (Å²) in [5.41, 5.74) is -1.88. The van der Waals surface area contributed by atoms with Crippen molar-refractivity contribution in [2.24, 2.45) is 0 Å². The molecule has 1 saturated heterocycles. The first-order valence-corrected chi connectivity index (χ1v) is 13.5. The number of allylic oxidation sites excluding steroid dienone is 1. The standard InChI is InChI=1S/C19H31N2O9PS/c1-6-32-31(27,20-12(4)17(25)29-11(2)3)28-10-14-16(24)19(5,26)18(30-14)21-8-7-13(22)9-15(21)23/h7-8,11-12,14,16,18,24,26H,6,9-10H2,1-5H3,(H,20,27)/t12-,14-,16-,18-,19-,31+/m1/s1. The Morgan fingerprint density at radius 3 is 2.66 bits per heavy atom. The van der Waals surface area contributed by atoms with E-state index < -0.39 is 48.7 Å². The quantitative estimate of drug-likeness (QED) is 0.226. The summed E-state index contributed by atoms with van der Waals surface area (Å²) in [5, 5.41) is 24.0. The Kier molecular flexibility index (Phi) is 9.08. The number of esters is 1. The molecule has 6 atom stereocenters. The maximum Gasteiger partial charge on any atom is 0.327 e. The summed E-state index contributed by atoms with van der Waals surface area (Å²) in [4.78, 5) is 36.7. The molecule has 13 heteroatoms. The van der Waals surface area contributed by atoms with Gasteiger partial charge in [-0.05, 0) is 33.8 Å². The van der Waals surface area contributed by atoms with Crippen molar-refractivity contribution >= 4 is 35.8 Å². The molecule has 32 heavy (non-hydrogen) atoms. The molecule has 2 aliphatic heterocycles.